The molecule has 0 spiro atoms. The largest absolute Gasteiger partial charge is 0.472 e. The number of rotatable bonds is 1. The summed E-state index contributed by atoms with van der Waals surface area (Å²) < 4.78 is 5.06. The second-order valence-corrected chi connectivity index (χ2v) is 4.59. The summed E-state index contributed by atoms with van der Waals surface area (Å²) in [6.45, 7) is 4.35. The van der Waals surface area contributed by atoms with E-state index in [9.17, 15) is 5.11 Å². The van der Waals surface area contributed by atoms with E-state index in [-0.39, 0.29) is 0 Å². The first-order chi connectivity index (χ1) is 6.64. The highest BCUT2D eigenvalue weighted by Crippen LogP contribution is 2.44. The minimum atomic E-state index is -0.662. The molecule has 0 amide bonds. The Morgan fingerprint density at radius 1 is 1.50 bits per heavy atom. The van der Waals surface area contributed by atoms with Crippen LogP contribution in [0.25, 0.3) is 0 Å². The molecule has 1 N–H and O–H groups in total. The predicted molar refractivity (Wildman–Crippen MR) is 54.8 cm³/mol. The van der Waals surface area contributed by atoms with Crippen molar-refractivity contribution in [2.45, 2.75) is 38.7 Å². The van der Waals surface area contributed by atoms with Crippen molar-refractivity contribution in [3.63, 3.8) is 0 Å². The molecule has 1 heterocycles. The Morgan fingerprint density at radius 2 is 2.29 bits per heavy atom. The molecule has 1 fully saturated rings. The van der Waals surface area contributed by atoms with E-state index in [0.717, 1.165) is 18.4 Å². The van der Waals surface area contributed by atoms with Gasteiger partial charge in [-0.1, -0.05) is 20.3 Å². The van der Waals surface area contributed by atoms with Gasteiger partial charge in [-0.05, 0) is 30.7 Å². The lowest BCUT2D eigenvalue weighted by Gasteiger charge is -2.41. The van der Waals surface area contributed by atoms with Crippen molar-refractivity contribution in [2.75, 3.05) is 0 Å². The van der Waals surface area contributed by atoms with E-state index in [1.165, 1.54) is 6.42 Å². The van der Waals surface area contributed by atoms with E-state index in [0.29, 0.717) is 11.8 Å². The van der Waals surface area contributed by atoms with Gasteiger partial charge in [-0.3, -0.25) is 0 Å². The molecule has 2 nitrogen and oxygen atoms in total. The minimum absolute atomic E-state index is 0.314. The third-order valence-corrected chi connectivity index (χ3v) is 3.85. The number of furan rings is 1. The first kappa shape index (κ1) is 9.78. The van der Waals surface area contributed by atoms with Crippen LogP contribution in [0.3, 0.4) is 0 Å². The molecule has 0 bridgehead atoms. The van der Waals surface area contributed by atoms with E-state index >= 15 is 0 Å². The van der Waals surface area contributed by atoms with E-state index < -0.39 is 5.60 Å². The normalized spacial score (nSPS) is 38.5. The Balaban J connectivity index is 2.30. The van der Waals surface area contributed by atoms with Gasteiger partial charge in [0, 0.05) is 5.56 Å². The molecule has 1 aromatic heterocycles. The average molecular weight is 194 g/mol. The molecule has 1 aromatic rings. The summed E-state index contributed by atoms with van der Waals surface area (Å²) in [5.74, 6) is 0.900. The van der Waals surface area contributed by atoms with Crippen LogP contribution in [0.1, 0.15) is 38.7 Å². The third kappa shape index (κ3) is 1.38. The Hall–Kier alpha value is -0.760. The molecule has 1 aliphatic rings. The Kier molecular flexibility index (Phi) is 2.40. The van der Waals surface area contributed by atoms with E-state index in [1.54, 1.807) is 12.5 Å². The number of hydrogen-bond donors (Lipinski definition) is 1. The molecule has 3 unspecified atom stereocenters. The standard InChI is InChI=1S/C12H18O2/c1-9-4-3-6-12(13,10(9)2)11-5-7-14-8-11/h5,7-10,13H,3-4,6H2,1-2H3. The van der Waals surface area contributed by atoms with Crippen molar-refractivity contribution < 1.29 is 9.52 Å². The van der Waals surface area contributed by atoms with Crippen molar-refractivity contribution >= 4 is 0 Å². The van der Waals surface area contributed by atoms with Crippen LogP contribution in [0.4, 0.5) is 0 Å². The highest BCUT2D eigenvalue weighted by molar-refractivity contribution is 5.18. The van der Waals surface area contributed by atoms with Gasteiger partial charge in [-0.2, -0.15) is 0 Å². The molecule has 0 aliphatic heterocycles. The van der Waals surface area contributed by atoms with E-state index in [2.05, 4.69) is 13.8 Å². The molecule has 0 radical (unpaired) electrons. The predicted octanol–water partition coefficient (Wildman–Crippen LogP) is 2.92. The summed E-state index contributed by atoms with van der Waals surface area (Å²) in [5, 5.41) is 10.6. The van der Waals surface area contributed by atoms with Crippen LogP contribution in [0.2, 0.25) is 0 Å². The topological polar surface area (TPSA) is 33.4 Å². The van der Waals surface area contributed by atoms with Crippen molar-refractivity contribution in [3.8, 4) is 0 Å². The fourth-order valence-corrected chi connectivity index (χ4v) is 2.56. The van der Waals surface area contributed by atoms with Crippen molar-refractivity contribution in [2.24, 2.45) is 11.8 Å². The second-order valence-electron chi connectivity index (χ2n) is 4.59. The van der Waals surface area contributed by atoms with Gasteiger partial charge in [0.25, 0.3) is 0 Å². The maximum Gasteiger partial charge on any atom is 0.0963 e. The lowest BCUT2D eigenvalue weighted by molar-refractivity contribution is -0.0692. The van der Waals surface area contributed by atoms with E-state index in [4.69, 9.17) is 4.42 Å². The molecule has 0 aromatic carbocycles. The molecule has 3 atom stereocenters. The fraction of sp³-hybridized carbons (Fsp3) is 0.667. The molecule has 78 valence electrons. The Morgan fingerprint density at radius 3 is 2.93 bits per heavy atom. The zero-order chi connectivity index (χ0) is 10.2. The van der Waals surface area contributed by atoms with Crippen LogP contribution in [0.5, 0.6) is 0 Å². The quantitative estimate of drug-likeness (QED) is 0.745. The molecule has 14 heavy (non-hydrogen) atoms. The van der Waals surface area contributed by atoms with Gasteiger partial charge in [-0.15, -0.1) is 0 Å². The zero-order valence-corrected chi connectivity index (χ0v) is 8.86. The molecule has 1 aliphatic carbocycles. The average Bonchev–Trinajstić information content (AvgIpc) is 2.67. The highest BCUT2D eigenvalue weighted by Gasteiger charge is 2.41. The highest BCUT2D eigenvalue weighted by atomic mass is 16.3. The minimum Gasteiger partial charge on any atom is -0.472 e. The summed E-state index contributed by atoms with van der Waals surface area (Å²) >= 11 is 0. The van der Waals surface area contributed by atoms with E-state index in [1.807, 2.05) is 6.07 Å². The summed E-state index contributed by atoms with van der Waals surface area (Å²) in [6, 6.07) is 1.88. The lowest BCUT2D eigenvalue weighted by Crippen LogP contribution is -2.40. The summed E-state index contributed by atoms with van der Waals surface area (Å²) in [4.78, 5) is 0. The number of hydrogen-bond acceptors (Lipinski definition) is 2. The molecular formula is C12H18O2. The molecular weight excluding hydrogens is 176 g/mol. The van der Waals surface area contributed by atoms with Gasteiger partial charge in [-0.25, -0.2) is 0 Å². The van der Waals surface area contributed by atoms with Crippen LogP contribution in [-0.2, 0) is 5.60 Å². The van der Waals surface area contributed by atoms with Crippen molar-refractivity contribution in [3.05, 3.63) is 24.2 Å². The molecule has 2 heteroatoms. The van der Waals surface area contributed by atoms with Crippen LogP contribution in [-0.4, -0.2) is 5.11 Å². The smallest absolute Gasteiger partial charge is 0.0963 e. The molecule has 2 rings (SSSR count). The maximum atomic E-state index is 10.6. The third-order valence-electron chi connectivity index (χ3n) is 3.85. The monoisotopic (exact) mass is 194 g/mol. The summed E-state index contributed by atoms with van der Waals surface area (Å²) in [5.41, 5.74) is 0.279. The van der Waals surface area contributed by atoms with Crippen molar-refractivity contribution in [1.82, 2.24) is 0 Å². The first-order valence-corrected chi connectivity index (χ1v) is 5.39. The maximum absolute atomic E-state index is 10.6. The SMILES string of the molecule is CC1CCCC(O)(c2ccoc2)C1C. The molecule has 0 saturated heterocycles. The second kappa shape index (κ2) is 3.43. The van der Waals surface area contributed by atoms with Crippen LogP contribution < -0.4 is 0 Å². The van der Waals surface area contributed by atoms with Crippen molar-refractivity contribution in [1.29, 1.82) is 0 Å². The summed E-state index contributed by atoms with van der Waals surface area (Å²) in [6.07, 6.45) is 6.50. The van der Waals surface area contributed by atoms with Gasteiger partial charge in [0.2, 0.25) is 0 Å². The zero-order valence-electron chi connectivity index (χ0n) is 8.86. The Bertz CT molecular complexity index is 291. The van der Waals surface area contributed by atoms with Gasteiger partial charge in [0.15, 0.2) is 0 Å². The lowest BCUT2D eigenvalue weighted by atomic mass is 9.68. The fourth-order valence-electron chi connectivity index (χ4n) is 2.56. The summed E-state index contributed by atoms with van der Waals surface area (Å²) in [7, 11) is 0. The van der Waals surface area contributed by atoms with Gasteiger partial charge in [0.05, 0.1) is 18.1 Å². The molecule has 1 saturated carbocycles. The van der Waals surface area contributed by atoms with Gasteiger partial charge < -0.3 is 9.52 Å². The van der Waals surface area contributed by atoms with Crippen LogP contribution in [0.15, 0.2) is 23.0 Å². The first-order valence-electron chi connectivity index (χ1n) is 5.39. The van der Waals surface area contributed by atoms with Gasteiger partial charge in [0.1, 0.15) is 0 Å². The Labute approximate surface area is 84.9 Å². The van der Waals surface area contributed by atoms with Gasteiger partial charge >= 0.3 is 0 Å². The number of aliphatic hydroxyl groups is 1. The van der Waals surface area contributed by atoms with Crippen LogP contribution in [0, 0.1) is 11.8 Å². The van der Waals surface area contributed by atoms with Crippen LogP contribution >= 0.6 is 0 Å².